The van der Waals surface area contributed by atoms with Gasteiger partial charge in [0.05, 0.1) is 10.7 Å². The molecule has 2 aromatic rings. The summed E-state index contributed by atoms with van der Waals surface area (Å²) in [6.07, 6.45) is 2.71. The van der Waals surface area contributed by atoms with E-state index < -0.39 is 22.0 Å². The maximum atomic E-state index is 12.2. The average molecular weight is 370 g/mol. The molecule has 1 atom stereocenters. The summed E-state index contributed by atoms with van der Waals surface area (Å²) in [5.74, 6) is -1.31. The van der Waals surface area contributed by atoms with E-state index >= 15 is 0 Å². The highest BCUT2D eigenvalue weighted by Crippen LogP contribution is 2.34. The Kier molecular flexibility index (Phi) is 4.89. The number of hydrogen-bond donors (Lipinski definition) is 3. The Bertz CT molecular complexity index is 742. The van der Waals surface area contributed by atoms with Gasteiger partial charge in [-0.05, 0) is 6.07 Å². The van der Waals surface area contributed by atoms with E-state index in [4.69, 9.17) is 28.3 Å². The number of carboxylic acids is 1. The molecule has 0 radical (unpaired) electrons. The molecule has 0 aliphatic rings. The van der Waals surface area contributed by atoms with Crippen molar-refractivity contribution in [2.45, 2.75) is 17.4 Å². The third kappa shape index (κ3) is 3.95. The van der Waals surface area contributed by atoms with Gasteiger partial charge in [0.15, 0.2) is 0 Å². The second kappa shape index (κ2) is 6.32. The molecular formula is C10H9Cl2N3O4S2. The van der Waals surface area contributed by atoms with E-state index in [0.29, 0.717) is 5.69 Å². The van der Waals surface area contributed by atoms with Crippen molar-refractivity contribution in [2.75, 3.05) is 0 Å². The van der Waals surface area contributed by atoms with Gasteiger partial charge in [-0.15, -0.1) is 11.3 Å². The Morgan fingerprint density at radius 3 is 2.71 bits per heavy atom. The normalized spacial score (nSPS) is 13.2. The van der Waals surface area contributed by atoms with Crippen molar-refractivity contribution in [1.82, 2.24) is 14.7 Å². The lowest BCUT2D eigenvalue weighted by Crippen LogP contribution is -2.42. The quantitative estimate of drug-likeness (QED) is 0.717. The molecule has 0 amide bonds. The number of carbonyl (C=O) groups is 1. The fraction of sp³-hybridized carbons (Fsp3) is 0.200. The lowest BCUT2D eigenvalue weighted by Gasteiger charge is -2.13. The first-order valence-electron chi connectivity index (χ1n) is 5.47. The van der Waals surface area contributed by atoms with Gasteiger partial charge in [-0.1, -0.05) is 23.2 Å². The SMILES string of the molecule is O=C(O)[C@@H](Cc1cnc[nH]1)NS(=O)(=O)c1cc(Cl)sc1Cl. The zero-order chi connectivity index (χ0) is 15.6. The zero-order valence-electron chi connectivity index (χ0n) is 10.2. The van der Waals surface area contributed by atoms with Crippen molar-refractivity contribution in [3.8, 4) is 0 Å². The smallest absolute Gasteiger partial charge is 0.322 e. The fourth-order valence-corrected chi connectivity index (χ4v) is 4.89. The van der Waals surface area contributed by atoms with E-state index in [1.807, 2.05) is 0 Å². The van der Waals surface area contributed by atoms with E-state index in [1.54, 1.807) is 0 Å². The molecule has 2 rings (SSSR count). The topological polar surface area (TPSA) is 112 Å². The van der Waals surface area contributed by atoms with Gasteiger partial charge < -0.3 is 10.1 Å². The minimum Gasteiger partial charge on any atom is -0.480 e. The number of thiophene rings is 1. The van der Waals surface area contributed by atoms with Crippen LogP contribution in [0.1, 0.15) is 5.69 Å². The molecule has 0 unspecified atom stereocenters. The number of aliphatic carboxylic acids is 1. The molecule has 11 heteroatoms. The predicted molar refractivity (Wildman–Crippen MR) is 78.4 cm³/mol. The molecule has 0 saturated heterocycles. The van der Waals surface area contributed by atoms with Crippen molar-refractivity contribution in [2.24, 2.45) is 0 Å². The number of aromatic amines is 1. The molecule has 0 spiro atoms. The highest BCUT2D eigenvalue weighted by atomic mass is 35.5. The summed E-state index contributed by atoms with van der Waals surface area (Å²) in [5.41, 5.74) is 0.486. The highest BCUT2D eigenvalue weighted by Gasteiger charge is 2.28. The Labute approximate surface area is 134 Å². The van der Waals surface area contributed by atoms with Crippen LogP contribution in [0.5, 0.6) is 0 Å². The number of nitrogens with zero attached hydrogens (tertiary/aromatic N) is 1. The summed E-state index contributed by atoms with van der Waals surface area (Å²) < 4.78 is 26.6. The summed E-state index contributed by atoms with van der Waals surface area (Å²) in [6.45, 7) is 0. The molecule has 0 saturated carbocycles. The number of aromatic nitrogens is 2. The maximum Gasteiger partial charge on any atom is 0.322 e. The van der Waals surface area contributed by atoms with Crippen LogP contribution in [-0.4, -0.2) is 35.5 Å². The first-order valence-corrected chi connectivity index (χ1v) is 8.52. The van der Waals surface area contributed by atoms with E-state index in [-0.39, 0.29) is 20.0 Å². The molecule has 2 aromatic heterocycles. The second-order valence-electron chi connectivity index (χ2n) is 3.98. The number of imidazole rings is 1. The minimum atomic E-state index is -4.09. The van der Waals surface area contributed by atoms with Gasteiger partial charge in [0.2, 0.25) is 10.0 Å². The van der Waals surface area contributed by atoms with Crippen LogP contribution in [0.4, 0.5) is 0 Å². The van der Waals surface area contributed by atoms with Gasteiger partial charge in [0, 0.05) is 18.3 Å². The van der Waals surface area contributed by atoms with Crippen LogP contribution in [0.25, 0.3) is 0 Å². The number of hydrogen-bond acceptors (Lipinski definition) is 5. The number of halogens is 2. The predicted octanol–water partition coefficient (Wildman–Crippen LogP) is 1.75. The Morgan fingerprint density at radius 1 is 1.52 bits per heavy atom. The standard InChI is InChI=1S/C10H9Cl2N3O4S2/c11-8-2-7(9(12)20-8)21(18,19)15-6(10(16)17)1-5-3-13-4-14-5/h2-4,6,15H,1H2,(H,13,14)(H,16,17)/t6-/m1/s1. The number of H-pyrrole nitrogens is 1. The van der Waals surface area contributed by atoms with Gasteiger partial charge in [-0.2, -0.15) is 4.72 Å². The summed E-state index contributed by atoms with van der Waals surface area (Å²) in [4.78, 5) is 17.4. The summed E-state index contributed by atoms with van der Waals surface area (Å²) in [5, 5.41) is 9.14. The van der Waals surface area contributed by atoms with Crippen LogP contribution >= 0.6 is 34.5 Å². The van der Waals surface area contributed by atoms with E-state index in [1.165, 1.54) is 18.6 Å². The Hall–Kier alpha value is -1.13. The largest absolute Gasteiger partial charge is 0.480 e. The second-order valence-corrected chi connectivity index (χ2v) is 7.95. The Balaban J connectivity index is 2.23. The fourth-order valence-electron chi connectivity index (χ4n) is 1.55. The van der Waals surface area contributed by atoms with E-state index in [9.17, 15) is 13.2 Å². The molecule has 0 aliphatic heterocycles. The van der Waals surface area contributed by atoms with Gasteiger partial charge in [0.1, 0.15) is 15.3 Å². The molecule has 21 heavy (non-hydrogen) atoms. The molecule has 0 bridgehead atoms. The minimum absolute atomic E-state index is 0.0295. The van der Waals surface area contributed by atoms with Crippen LogP contribution in [-0.2, 0) is 21.2 Å². The van der Waals surface area contributed by atoms with E-state index in [0.717, 1.165) is 11.3 Å². The van der Waals surface area contributed by atoms with Gasteiger partial charge >= 0.3 is 5.97 Å². The summed E-state index contributed by atoms with van der Waals surface area (Å²) in [7, 11) is -4.09. The van der Waals surface area contributed by atoms with Crippen molar-refractivity contribution in [3.05, 3.63) is 33.0 Å². The van der Waals surface area contributed by atoms with Crippen LogP contribution in [0.3, 0.4) is 0 Å². The highest BCUT2D eigenvalue weighted by molar-refractivity contribution is 7.89. The first kappa shape index (κ1) is 16.2. The van der Waals surface area contributed by atoms with Crippen LogP contribution in [0.15, 0.2) is 23.5 Å². The molecule has 0 aromatic carbocycles. The molecule has 7 nitrogen and oxygen atoms in total. The summed E-state index contributed by atoms with van der Waals surface area (Å²) in [6, 6.07) is -0.184. The monoisotopic (exact) mass is 369 g/mol. The average Bonchev–Trinajstić information content (AvgIpc) is 2.98. The maximum absolute atomic E-state index is 12.2. The van der Waals surface area contributed by atoms with Crippen molar-refractivity contribution >= 4 is 50.5 Å². The van der Waals surface area contributed by atoms with Gasteiger partial charge in [0.25, 0.3) is 0 Å². The van der Waals surface area contributed by atoms with Crippen molar-refractivity contribution in [1.29, 1.82) is 0 Å². The van der Waals surface area contributed by atoms with Crippen LogP contribution in [0.2, 0.25) is 8.67 Å². The van der Waals surface area contributed by atoms with Crippen LogP contribution < -0.4 is 4.72 Å². The molecule has 0 fully saturated rings. The van der Waals surface area contributed by atoms with E-state index in [2.05, 4.69) is 14.7 Å². The summed E-state index contributed by atoms with van der Waals surface area (Å²) >= 11 is 12.4. The van der Waals surface area contributed by atoms with Crippen molar-refractivity contribution < 1.29 is 18.3 Å². The zero-order valence-corrected chi connectivity index (χ0v) is 13.4. The lowest BCUT2D eigenvalue weighted by molar-refractivity contribution is -0.138. The number of nitrogens with one attached hydrogen (secondary N) is 2. The number of rotatable bonds is 6. The lowest BCUT2D eigenvalue weighted by atomic mass is 10.2. The third-order valence-electron chi connectivity index (χ3n) is 2.49. The Morgan fingerprint density at radius 2 is 2.24 bits per heavy atom. The molecule has 114 valence electrons. The molecule has 2 heterocycles. The van der Waals surface area contributed by atoms with Gasteiger partial charge in [-0.25, -0.2) is 13.4 Å². The third-order valence-corrected chi connectivity index (χ3v) is 5.71. The molecule has 0 aliphatic carbocycles. The first-order chi connectivity index (χ1) is 9.79. The van der Waals surface area contributed by atoms with Crippen molar-refractivity contribution in [3.63, 3.8) is 0 Å². The van der Waals surface area contributed by atoms with Gasteiger partial charge in [-0.3, -0.25) is 4.79 Å². The number of carboxylic acid groups (broad SMARTS) is 1. The molecule has 3 N–H and O–H groups in total. The van der Waals surface area contributed by atoms with Crippen LogP contribution in [0, 0.1) is 0 Å². The number of sulfonamides is 1. The molecular weight excluding hydrogens is 361 g/mol.